The van der Waals surface area contributed by atoms with Crippen LogP contribution in [0.25, 0.3) is 22.6 Å². The second-order valence-electron chi connectivity index (χ2n) is 5.31. The van der Waals surface area contributed by atoms with Crippen LogP contribution in [0.4, 0.5) is 10.2 Å². The van der Waals surface area contributed by atoms with E-state index < -0.39 is 0 Å². The Morgan fingerprint density at radius 2 is 1.71 bits per heavy atom. The molecule has 0 saturated carbocycles. The molecule has 0 spiro atoms. The summed E-state index contributed by atoms with van der Waals surface area (Å²) in [6.45, 7) is 0.683. The Morgan fingerprint density at radius 3 is 2.46 bits per heavy atom. The minimum absolute atomic E-state index is 0.101. The van der Waals surface area contributed by atoms with E-state index in [1.54, 1.807) is 24.3 Å². The van der Waals surface area contributed by atoms with E-state index >= 15 is 0 Å². The number of nitrogens with zero attached hydrogens (tertiary/aromatic N) is 2. The maximum atomic E-state index is 14.1. The summed E-state index contributed by atoms with van der Waals surface area (Å²) in [5.41, 5.74) is 1.82. The van der Waals surface area contributed by atoms with E-state index in [1.165, 1.54) is 6.07 Å². The van der Waals surface area contributed by atoms with Crippen molar-refractivity contribution in [1.29, 1.82) is 0 Å². The summed E-state index contributed by atoms with van der Waals surface area (Å²) >= 11 is 0. The van der Waals surface area contributed by atoms with Crippen molar-refractivity contribution in [3.63, 3.8) is 0 Å². The highest BCUT2D eigenvalue weighted by molar-refractivity contribution is 5.67. The molecule has 0 radical (unpaired) electrons. The van der Waals surface area contributed by atoms with Crippen molar-refractivity contribution in [3.05, 3.63) is 66.5 Å². The van der Waals surface area contributed by atoms with Crippen LogP contribution in [0, 0.1) is 5.82 Å². The van der Waals surface area contributed by atoms with Crippen molar-refractivity contribution in [2.24, 2.45) is 0 Å². The fourth-order valence-corrected chi connectivity index (χ4v) is 2.36. The molecule has 0 unspecified atom stereocenters. The highest BCUT2D eigenvalue weighted by Crippen LogP contribution is 2.26. The number of halogens is 1. The van der Waals surface area contributed by atoms with Crippen molar-refractivity contribution >= 4 is 5.82 Å². The van der Waals surface area contributed by atoms with Crippen LogP contribution in [0.2, 0.25) is 0 Å². The van der Waals surface area contributed by atoms with Crippen LogP contribution >= 0.6 is 0 Å². The van der Waals surface area contributed by atoms with E-state index in [1.807, 2.05) is 30.3 Å². The molecule has 1 heterocycles. The van der Waals surface area contributed by atoms with Gasteiger partial charge in [0.15, 0.2) is 5.82 Å². The number of aliphatic hydroxyl groups is 1. The van der Waals surface area contributed by atoms with Gasteiger partial charge in [-0.15, -0.1) is 0 Å². The third-order valence-corrected chi connectivity index (χ3v) is 3.55. The Morgan fingerprint density at radius 1 is 0.958 bits per heavy atom. The molecule has 0 aliphatic heterocycles. The quantitative estimate of drug-likeness (QED) is 0.678. The summed E-state index contributed by atoms with van der Waals surface area (Å²) in [4.78, 5) is 9.03. The average Bonchev–Trinajstić information content (AvgIpc) is 2.63. The summed E-state index contributed by atoms with van der Waals surface area (Å²) in [6, 6.07) is 17.8. The molecule has 0 amide bonds. The molecule has 0 aliphatic carbocycles. The van der Waals surface area contributed by atoms with Crippen molar-refractivity contribution in [3.8, 4) is 22.6 Å². The van der Waals surface area contributed by atoms with Crippen molar-refractivity contribution in [2.75, 3.05) is 18.5 Å². The first-order valence-corrected chi connectivity index (χ1v) is 7.82. The van der Waals surface area contributed by atoms with Crippen molar-refractivity contribution < 1.29 is 9.50 Å². The summed E-state index contributed by atoms with van der Waals surface area (Å²) in [6.07, 6.45) is 0.611. The highest BCUT2D eigenvalue weighted by atomic mass is 19.1. The van der Waals surface area contributed by atoms with Gasteiger partial charge in [0.25, 0.3) is 0 Å². The monoisotopic (exact) mass is 323 g/mol. The molecule has 0 atom stereocenters. The van der Waals surface area contributed by atoms with Crippen molar-refractivity contribution in [1.82, 2.24) is 9.97 Å². The number of nitrogens with one attached hydrogen (secondary N) is 1. The lowest BCUT2D eigenvalue weighted by molar-refractivity contribution is 0.292. The second kappa shape index (κ2) is 7.66. The molecule has 24 heavy (non-hydrogen) atoms. The van der Waals surface area contributed by atoms with E-state index in [2.05, 4.69) is 15.3 Å². The molecule has 4 nitrogen and oxygen atoms in total. The van der Waals surface area contributed by atoms with Gasteiger partial charge in [0, 0.05) is 30.3 Å². The van der Waals surface area contributed by atoms with Gasteiger partial charge in [0.05, 0.1) is 5.69 Å². The second-order valence-corrected chi connectivity index (χ2v) is 5.31. The van der Waals surface area contributed by atoms with Gasteiger partial charge >= 0.3 is 0 Å². The van der Waals surface area contributed by atoms with E-state index in [4.69, 9.17) is 5.11 Å². The largest absolute Gasteiger partial charge is 0.396 e. The first-order valence-electron chi connectivity index (χ1n) is 7.82. The lowest BCUT2D eigenvalue weighted by Crippen LogP contribution is -2.07. The third-order valence-electron chi connectivity index (χ3n) is 3.55. The van der Waals surface area contributed by atoms with Crippen LogP contribution in [0.3, 0.4) is 0 Å². The molecule has 3 aromatic rings. The smallest absolute Gasteiger partial charge is 0.162 e. The summed E-state index contributed by atoms with van der Waals surface area (Å²) < 4.78 is 14.1. The molecular formula is C19H18FN3O. The van der Waals surface area contributed by atoms with Gasteiger partial charge in [0.1, 0.15) is 11.6 Å². The third kappa shape index (κ3) is 3.75. The molecule has 0 fully saturated rings. The molecule has 3 rings (SSSR count). The van der Waals surface area contributed by atoms with Crippen LogP contribution in [-0.2, 0) is 0 Å². The molecule has 5 heteroatoms. The minimum atomic E-state index is -0.323. The topological polar surface area (TPSA) is 58.0 Å². The Labute approximate surface area is 140 Å². The van der Waals surface area contributed by atoms with Crippen LogP contribution < -0.4 is 5.32 Å². The van der Waals surface area contributed by atoms with Gasteiger partial charge < -0.3 is 10.4 Å². The zero-order valence-corrected chi connectivity index (χ0v) is 13.1. The molecule has 122 valence electrons. The summed E-state index contributed by atoms with van der Waals surface area (Å²) in [5, 5.41) is 12.1. The molecule has 2 aromatic carbocycles. The first kappa shape index (κ1) is 16.1. The van der Waals surface area contributed by atoms with Gasteiger partial charge in [-0.2, -0.15) is 0 Å². The minimum Gasteiger partial charge on any atom is -0.396 e. The standard InChI is InChI=1S/C19H18FN3O/c20-16-10-5-4-9-15(16)17-13-18(21-11-6-12-24)23-19(22-17)14-7-2-1-3-8-14/h1-5,7-10,13,24H,6,11-12H2,(H,21,22,23). The van der Waals surface area contributed by atoms with Crippen molar-refractivity contribution in [2.45, 2.75) is 6.42 Å². The van der Waals surface area contributed by atoms with Crippen LogP contribution in [0.1, 0.15) is 6.42 Å². The number of aromatic nitrogens is 2. The summed E-state index contributed by atoms with van der Waals surface area (Å²) in [5.74, 6) is 0.815. The van der Waals surface area contributed by atoms with Gasteiger partial charge in [-0.3, -0.25) is 0 Å². The maximum Gasteiger partial charge on any atom is 0.162 e. The Kier molecular flexibility index (Phi) is 5.13. The maximum absolute atomic E-state index is 14.1. The molecular weight excluding hydrogens is 305 g/mol. The zero-order valence-electron chi connectivity index (χ0n) is 13.1. The Hall–Kier alpha value is -2.79. The van der Waals surface area contributed by atoms with E-state index in [-0.39, 0.29) is 12.4 Å². The normalized spacial score (nSPS) is 10.6. The van der Waals surface area contributed by atoms with E-state index in [9.17, 15) is 4.39 Å². The van der Waals surface area contributed by atoms with Crippen LogP contribution in [0.15, 0.2) is 60.7 Å². The summed E-state index contributed by atoms with van der Waals surface area (Å²) in [7, 11) is 0. The molecule has 1 aromatic heterocycles. The predicted molar refractivity (Wildman–Crippen MR) is 93.1 cm³/mol. The molecule has 0 bridgehead atoms. The lowest BCUT2D eigenvalue weighted by atomic mass is 10.1. The number of anilines is 1. The number of hydrogen-bond donors (Lipinski definition) is 2. The number of benzene rings is 2. The average molecular weight is 323 g/mol. The predicted octanol–water partition coefficient (Wildman–Crippen LogP) is 3.74. The lowest BCUT2D eigenvalue weighted by Gasteiger charge is -2.10. The fourth-order valence-electron chi connectivity index (χ4n) is 2.36. The van der Waals surface area contributed by atoms with Crippen LogP contribution in [-0.4, -0.2) is 28.2 Å². The van der Waals surface area contributed by atoms with E-state index in [0.717, 1.165) is 5.56 Å². The first-order chi connectivity index (χ1) is 11.8. The van der Waals surface area contributed by atoms with Gasteiger partial charge in [-0.25, -0.2) is 14.4 Å². The molecule has 0 aliphatic rings. The molecule has 2 N–H and O–H groups in total. The Bertz CT molecular complexity index is 809. The zero-order chi connectivity index (χ0) is 16.8. The highest BCUT2D eigenvalue weighted by Gasteiger charge is 2.11. The number of rotatable bonds is 6. The Balaban J connectivity index is 2.04. The van der Waals surface area contributed by atoms with Gasteiger partial charge in [-0.05, 0) is 18.6 Å². The molecule has 0 saturated heterocycles. The van der Waals surface area contributed by atoms with Crippen LogP contribution in [0.5, 0.6) is 0 Å². The van der Waals surface area contributed by atoms with Gasteiger partial charge in [-0.1, -0.05) is 42.5 Å². The van der Waals surface area contributed by atoms with E-state index in [0.29, 0.717) is 35.9 Å². The number of hydrogen-bond acceptors (Lipinski definition) is 4. The fraction of sp³-hybridized carbons (Fsp3) is 0.158. The SMILES string of the molecule is OCCCNc1cc(-c2ccccc2F)nc(-c2ccccc2)n1. The number of aliphatic hydroxyl groups excluding tert-OH is 1. The van der Waals surface area contributed by atoms with Gasteiger partial charge in [0.2, 0.25) is 0 Å².